The van der Waals surface area contributed by atoms with Gasteiger partial charge in [-0.1, -0.05) is 48.5 Å². The lowest BCUT2D eigenvalue weighted by Gasteiger charge is -2.26. The molecule has 6 nitrogen and oxygen atoms in total. The number of amides is 2. The second kappa shape index (κ2) is 6.81. The van der Waals surface area contributed by atoms with Crippen LogP contribution in [0.2, 0.25) is 0 Å². The molecule has 0 N–H and O–H groups in total. The first-order chi connectivity index (χ1) is 12.7. The van der Waals surface area contributed by atoms with Gasteiger partial charge in [0, 0.05) is 28.2 Å². The summed E-state index contributed by atoms with van der Waals surface area (Å²) in [7, 11) is 1.86. The van der Waals surface area contributed by atoms with Gasteiger partial charge in [0.15, 0.2) is 20.3 Å². The Morgan fingerprint density at radius 1 is 0.704 bits per heavy atom. The molecule has 2 amide bonds. The van der Waals surface area contributed by atoms with Gasteiger partial charge >= 0.3 is 0 Å². The highest BCUT2D eigenvalue weighted by atomic mass is 32.2. The van der Waals surface area contributed by atoms with Crippen molar-refractivity contribution in [3.8, 4) is 11.1 Å². The van der Waals surface area contributed by atoms with E-state index in [1.165, 1.54) is 38.0 Å². The van der Waals surface area contributed by atoms with Crippen LogP contribution in [0.1, 0.15) is 21.6 Å². The molecule has 0 spiro atoms. The molecular weight excluding hydrogens is 364 g/mol. The van der Waals surface area contributed by atoms with Crippen molar-refractivity contribution in [1.29, 1.82) is 0 Å². The Labute approximate surface area is 159 Å². The van der Waals surface area contributed by atoms with E-state index in [9.17, 15) is 18.0 Å². The summed E-state index contributed by atoms with van der Waals surface area (Å²) in [5.74, 6) is -1.13. The summed E-state index contributed by atoms with van der Waals surface area (Å²) in [4.78, 5) is 28.4. The van der Waals surface area contributed by atoms with Gasteiger partial charge in [0.25, 0.3) is 0 Å². The van der Waals surface area contributed by atoms with Gasteiger partial charge in [0.1, 0.15) is 0 Å². The smallest absolute Gasteiger partial charge is 0.245 e. The molecule has 142 valence electrons. The zero-order valence-electron chi connectivity index (χ0n) is 15.7. The summed E-state index contributed by atoms with van der Waals surface area (Å²) in [6, 6.07) is 13.9. The quantitative estimate of drug-likeness (QED) is 0.792. The molecule has 0 bridgehead atoms. The summed E-state index contributed by atoms with van der Waals surface area (Å²) < 4.78 is 27.3. The maximum Gasteiger partial charge on any atom is 0.245 e. The molecule has 27 heavy (non-hydrogen) atoms. The van der Waals surface area contributed by atoms with Gasteiger partial charge in [-0.2, -0.15) is 0 Å². The zero-order chi connectivity index (χ0) is 19.9. The summed E-state index contributed by atoms with van der Waals surface area (Å²) >= 11 is 0. The van der Waals surface area contributed by atoms with Crippen LogP contribution in [0.4, 0.5) is 0 Å². The Balaban J connectivity index is 2.43. The highest BCUT2D eigenvalue weighted by Gasteiger charge is 2.49. The fraction of sp³-hybridized carbons (Fsp3) is 0.300. The van der Waals surface area contributed by atoms with Crippen molar-refractivity contribution in [1.82, 2.24) is 9.80 Å². The lowest BCUT2D eigenvalue weighted by Crippen LogP contribution is -2.39. The van der Waals surface area contributed by atoms with Crippen LogP contribution >= 0.6 is 0 Å². The standard InChI is InChI=1S/C20H22N2O4S/c1-21(2)19(23)17-15-11-7-5-9-13(15)14-10-6-8-12-16(14)18(27(17,25)26)20(24)22(3)4/h5-12,17-18H,1-4H3/t17-,18+. The average molecular weight is 386 g/mol. The van der Waals surface area contributed by atoms with Crippen molar-refractivity contribution in [2.24, 2.45) is 0 Å². The van der Waals surface area contributed by atoms with Crippen molar-refractivity contribution >= 4 is 21.7 Å². The summed E-state index contributed by atoms with van der Waals surface area (Å²) in [5, 5.41) is -2.88. The third-order valence-corrected chi connectivity index (χ3v) is 6.99. The summed E-state index contributed by atoms with van der Waals surface area (Å²) in [6.07, 6.45) is 0. The van der Waals surface area contributed by atoms with Gasteiger partial charge in [-0.05, 0) is 22.3 Å². The molecule has 0 radical (unpaired) electrons. The van der Waals surface area contributed by atoms with Crippen molar-refractivity contribution in [2.75, 3.05) is 28.2 Å². The van der Waals surface area contributed by atoms with E-state index in [1.807, 2.05) is 0 Å². The number of rotatable bonds is 2. The second-order valence-corrected chi connectivity index (χ2v) is 9.11. The van der Waals surface area contributed by atoms with Crippen molar-refractivity contribution < 1.29 is 18.0 Å². The molecule has 7 heteroatoms. The first-order valence-electron chi connectivity index (χ1n) is 8.51. The average Bonchev–Trinajstić information content (AvgIpc) is 2.70. The predicted octanol–water partition coefficient (Wildman–Crippen LogP) is 2.04. The van der Waals surface area contributed by atoms with Gasteiger partial charge in [-0.15, -0.1) is 0 Å². The van der Waals surface area contributed by atoms with Gasteiger partial charge < -0.3 is 9.80 Å². The normalized spacial score (nSPS) is 20.0. The van der Waals surface area contributed by atoms with E-state index < -0.39 is 32.2 Å². The zero-order valence-corrected chi connectivity index (χ0v) is 16.5. The van der Waals surface area contributed by atoms with Gasteiger partial charge in [0.2, 0.25) is 11.8 Å². The van der Waals surface area contributed by atoms with E-state index in [0.717, 1.165) is 0 Å². The molecule has 0 aliphatic carbocycles. The van der Waals surface area contributed by atoms with E-state index in [2.05, 4.69) is 0 Å². The lowest BCUT2D eigenvalue weighted by atomic mass is 9.92. The lowest BCUT2D eigenvalue weighted by molar-refractivity contribution is -0.128. The Kier molecular flexibility index (Phi) is 4.82. The maximum absolute atomic E-state index is 13.7. The maximum atomic E-state index is 13.7. The van der Waals surface area contributed by atoms with Crippen LogP contribution < -0.4 is 0 Å². The Hall–Kier alpha value is -2.67. The topological polar surface area (TPSA) is 74.8 Å². The Morgan fingerprint density at radius 2 is 1.04 bits per heavy atom. The summed E-state index contributed by atoms with van der Waals surface area (Å²) in [6.45, 7) is 0. The number of carbonyl (C=O) groups excluding carboxylic acids is 2. The highest BCUT2D eigenvalue weighted by Crippen LogP contribution is 2.46. The van der Waals surface area contributed by atoms with Crippen LogP contribution in [0.3, 0.4) is 0 Å². The largest absolute Gasteiger partial charge is 0.347 e. The number of sulfone groups is 1. The molecule has 1 heterocycles. The van der Waals surface area contributed by atoms with Crippen LogP contribution in [0.5, 0.6) is 0 Å². The fourth-order valence-corrected chi connectivity index (χ4v) is 5.82. The number of likely N-dealkylation sites (N-methyl/N-ethyl adjacent to an activating group) is 2. The third-order valence-electron chi connectivity index (χ3n) is 4.76. The minimum absolute atomic E-state index is 0.401. The number of benzene rings is 2. The molecule has 1 aliphatic rings. The van der Waals surface area contributed by atoms with Crippen molar-refractivity contribution in [3.05, 3.63) is 59.7 Å². The molecule has 1 aliphatic heterocycles. The minimum atomic E-state index is -4.20. The van der Waals surface area contributed by atoms with Gasteiger partial charge in [-0.25, -0.2) is 8.42 Å². The van der Waals surface area contributed by atoms with Gasteiger partial charge in [-0.3, -0.25) is 9.59 Å². The van der Waals surface area contributed by atoms with Crippen LogP contribution in [0, 0.1) is 0 Å². The first-order valence-corrected chi connectivity index (χ1v) is 10.1. The molecule has 0 aromatic heterocycles. The Morgan fingerprint density at radius 3 is 1.37 bits per heavy atom. The van der Waals surface area contributed by atoms with Crippen molar-refractivity contribution in [3.63, 3.8) is 0 Å². The van der Waals surface area contributed by atoms with E-state index in [4.69, 9.17) is 0 Å². The van der Waals surface area contributed by atoms with E-state index in [-0.39, 0.29) is 0 Å². The van der Waals surface area contributed by atoms with Crippen LogP contribution in [0.25, 0.3) is 11.1 Å². The van der Waals surface area contributed by atoms with Crippen LogP contribution in [0.15, 0.2) is 48.5 Å². The van der Waals surface area contributed by atoms with Crippen LogP contribution in [-0.4, -0.2) is 58.2 Å². The molecule has 0 saturated heterocycles. The predicted molar refractivity (Wildman–Crippen MR) is 104 cm³/mol. The van der Waals surface area contributed by atoms with E-state index >= 15 is 0 Å². The number of carbonyl (C=O) groups is 2. The molecule has 2 aromatic carbocycles. The van der Waals surface area contributed by atoms with Crippen molar-refractivity contribution in [2.45, 2.75) is 10.5 Å². The monoisotopic (exact) mass is 386 g/mol. The highest BCUT2D eigenvalue weighted by molar-refractivity contribution is 7.93. The Bertz CT molecular complexity index is 937. The SMILES string of the molecule is CN(C)C(=O)[C@@H]1c2ccccc2-c2ccccc2[C@H](C(=O)N(C)C)S1(=O)=O. The number of nitrogens with zero attached hydrogens (tertiary/aromatic N) is 2. The molecule has 0 fully saturated rings. The number of fused-ring (bicyclic) bond motifs is 3. The molecule has 2 atom stereocenters. The minimum Gasteiger partial charge on any atom is -0.347 e. The number of hydrogen-bond donors (Lipinski definition) is 0. The first kappa shape index (κ1) is 19.1. The summed E-state index contributed by atoms with van der Waals surface area (Å²) in [5.41, 5.74) is 2.12. The molecule has 2 aromatic rings. The van der Waals surface area contributed by atoms with E-state index in [0.29, 0.717) is 22.3 Å². The number of hydrogen-bond acceptors (Lipinski definition) is 4. The fourth-order valence-electron chi connectivity index (χ4n) is 3.45. The van der Waals surface area contributed by atoms with E-state index in [1.54, 1.807) is 48.5 Å². The van der Waals surface area contributed by atoms with Gasteiger partial charge in [0.05, 0.1) is 0 Å². The molecular formula is C20H22N2O4S. The molecule has 0 unspecified atom stereocenters. The molecule has 0 saturated carbocycles. The third kappa shape index (κ3) is 3.02. The van der Waals surface area contributed by atoms with Crippen LogP contribution in [-0.2, 0) is 19.4 Å². The second-order valence-electron chi connectivity index (χ2n) is 6.99. The molecule has 3 rings (SSSR count).